The molecule has 0 radical (unpaired) electrons. The Morgan fingerprint density at radius 3 is 3.18 bits per heavy atom. The van der Waals surface area contributed by atoms with Crippen molar-refractivity contribution >= 4 is 35.1 Å². The van der Waals surface area contributed by atoms with Crippen LogP contribution in [0.15, 0.2) is 24.4 Å². The summed E-state index contributed by atoms with van der Waals surface area (Å²) < 4.78 is 0. The number of amides is 1. The maximum absolute atomic E-state index is 12.0. The number of hydrogen-bond acceptors (Lipinski definition) is 3. The lowest BCUT2D eigenvalue weighted by Crippen LogP contribution is -2.24. The molecule has 5 heteroatoms. The average molecular weight is 247 g/mol. The predicted molar refractivity (Wildman–Crippen MR) is 70.4 cm³/mol. The molecule has 3 rings (SSSR count). The van der Waals surface area contributed by atoms with E-state index >= 15 is 0 Å². The van der Waals surface area contributed by atoms with Crippen molar-refractivity contribution < 1.29 is 4.79 Å². The van der Waals surface area contributed by atoms with Gasteiger partial charge in [0, 0.05) is 18.4 Å². The summed E-state index contributed by atoms with van der Waals surface area (Å²) in [6.45, 7) is 0.757. The fourth-order valence-electron chi connectivity index (χ4n) is 2.32. The Morgan fingerprint density at radius 1 is 1.53 bits per heavy atom. The van der Waals surface area contributed by atoms with E-state index < -0.39 is 0 Å². The summed E-state index contributed by atoms with van der Waals surface area (Å²) in [6, 6.07) is 5.87. The van der Waals surface area contributed by atoms with Crippen LogP contribution in [0.2, 0.25) is 0 Å². The van der Waals surface area contributed by atoms with Gasteiger partial charge in [0.25, 0.3) is 0 Å². The molecule has 1 aromatic heterocycles. The summed E-state index contributed by atoms with van der Waals surface area (Å²) in [6.07, 6.45) is 2.36. The molecule has 88 valence electrons. The van der Waals surface area contributed by atoms with Gasteiger partial charge in [-0.15, -0.1) is 0 Å². The van der Waals surface area contributed by atoms with Gasteiger partial charge in [-0.2, -0.15) is 17.7 Å². The molecule has 4 nitrogen and oxygen atoms in total. The molecule has 0 bridgehead atoms. The zero-order valence-electron chi connectivity index (χ0n) is 9.26. The van der Waals surface area contributed by atoms with Gasteiger partial charge in [-0.25, -0.2) is 0 Å². The Bertz CT molecular complexity index is 566. The van der Waals surface area contributed by atoms with E-state index in [1.165, 1.54) is 0 Å². The minimum atomic E-state index is 0.178. The van der Waals surface area contributed by atoms with Gasteiger partial charge in [0.1, 0.15) is 0 Å². The van der Waals surface area contributed by atoms with Gasteiger partial charge in [-0.05, 0) is 23.8 Å². The fraction of sp³-hybridized carbons (Fsp3) is 0.333. The van der Waals surface area contributed by atoms with Crippen molar-refractivity contribution in [3.05, 3.63) is 24.4 Å². The van der Waals surface area contributed by atoms with Gasteiger partial charge >= 0.3 is 0 Å². The van der Waals surface area contributed by atoms with Gasteiger partial charge < -0.3 is 4.90 Å². The largest absolute Gasteiger partial charge is 0.311 e. The number of aromatic nitrogens is 2. The molecule has 0 saturated carbocycles. The zero-order chi connectivity index (χ0) is 11.8. The first-order valence-electron chi connectivity index (χ1n) is 5.63. The molecule has 1 N–H and O–H groups in total. The van der Waals surface area contributed by atoms with Crippen LogP contribution in [0.25, 0.3) is 10.9 Å². The predicted octanol–water partition coefficient (Wildman–Crippen LogP) is 1.85. The summed E-state index contributed by atoms with van der Waals surface area (Å²) in [5, 5.41) is 7.94. The van der Waals surface area contributed by atoms with Crippen LogP contribution in [-0.2, 0) is 4.79 Å². The third-order valence-electron chi connectivity index (χ3n) is 3.22. The Hall–Kier alpha value is -1.49. The first-order valence-corrected chi connectivity index (χ1v) is 6.26. The van der Waals surface area contributed by atoms with Crippen LogP contribution < -0.4 is 4.90 Å². The second-order valence-electron chi connectivity index (χ2n) is 4.37. The van der Waals surface area contributed by atoms with Gasteiger partial charge in [-0.3, -0.25) is 9.89 Å². The minimum Gasteiger partial charge on any atom is -0.311 e. The lowest BCUT2D eigenvalue weighted by atomic mass is 10.1. The molecule has 0 aliphatic carbocycles. The number of rotatable bonds is 2. The molecule has 1 saturated heterocycles. The number of carbonyl (C=O) groups is 1. The number of nitrogens with zero attached hydrogens (tertiary/aromatic N) is 2. The van der Waals surface area contributed by atoms with E-state index in [4.69, 9.17) is 0 Å². The molecule has 1 unspecified atom stereocenters. The molecular weight excluding hydrogens is 234 g/mol. The molecule has 1 aromatic carbocycles. The van der Waals surface area contributed by atoms with Gasteiger partial charge in [0.05, 0.1) is 17.4 Å². The molecule has 0 spiro atoms. The quantitative estimate of drug-likeness (QED) is 0.796. The lowest BCUT2D eigenvalue weighted by Gasteiger charge is -2.17. The standard InChI is InChI=1S/C12H13N3OS/c16-12-4-8(7-17)6-15(12)11-3-1-2-10-9(11)5-13-14-10/h1-3,5,8,17H,4,6-7H2,(H,13,14). The topological polar surface area (TPSA) is 49.0 Å². The van der Waals surface area contributed by atoms with Crippen LogP contribution >= 0.6 is 12.6 Å². The first-order chi connectivity index (χ1) is 8.29. The monoisotopic (exact) mass is 247 g/mol. The molecule has 17 heavy (non-hydrogen) atoms. The van der Waals surface area contributed by atoms with Crippen LogP contribution in [0.1, 0.15) is 6.42 Å². The van der Waals surface area contributed by atoms with E-state index in [0.717, 1.165) is 28.9 Å². The van der Waals surface area contributed by atoms with Crippen molar-refractivity contribution in [3.63, 3.8) is 0 Å². The molecular formula is C12H13N3OS. The SMILES string of the molecule is O=C1CC(CS)CN1c1cccc2[nH]ncc12. The Labute approximate surface area is 104 Å². The van der Waals surface area contributed by atoms with Crippen molar-refractivity contribution in [2.24, 2.45) is 5.92 Å². The molecule has 2 aromatic rings. The van der Waals surface area contributed by atoms with Crippen molar-refractivity contribution in [2.45, 2.75) is 6.42 Å². The average Bonchev–Trinajstić information content (AvgIpc) is 2.94. The van der Waals surface area contributed by atoms with Gasteiger partial charge in [0.15, 0.2) is 0 Å². The molecule has 1 fully saturated rings. The van der Waals surface area contributed by atoms with Crippen molar-refractivity contribution in [2.75, 3.05) is 17.2 Å². The van der Waals surface area contributed by atoms with Crippen LogP contribution in [0, 0.1) is 5.92 Å². The van der Waals surface area contributed by atoms with Crippen LogP contribution in [0.3, 0.4) is 0 Å². The Kier molecular flexibility index (Phi) is 2.55. The molecule has 1 amide bonds. The van der Waals surface area contributed by atoms with E-state index in [2.05, 4.69) is 22.8 Å². The summed E-state index contributed by atoms with van der Waals surface area (Å²) in [5.41, 5.74) is 1.91. The molecule has 1 aliphatic heterocycles. The maximum Gasteiger partial charge on any atom is 0.227 e. The van der Waals surface area contributed by atoms with Crippen molar-refractivity contribution in [1.82, 2.24) is 10.2 Å². The number of nitrogens with one attached hydrogen (secondary N) is 1. The van der Waals surface area contributed by atoms with E-state index in [-0.39, 0.29) is 5.91 Å². The summed E-state index contributed by atoms with van der Waals surface area (Å²) in [5.74, 6) is 1.29. The van der Waals surface area contributed by atoms with Gasteiger partial charge in [0.2, 0.25) is 5.91 Å². The molecule has 2 heterocycles. The highest BCUT2D eigenvalue weighted by atomic mass is 32.1. The highest BCUT2D eigenvalue weighted by Gasteiger charge is 2.30. The van der Waals surface area contributed by atoms with E-state index in [1.54, 1.807) is 6.20 Å². The normalized spacial score (nSPS) is 20.4. The number of aromatic amines is 1. The minimum absolute atomic E-state index is 0.178. The van der Waals surface area contributed by atoms with E-state index in [9.17, 15) is 4.79 Å². The first kappa shape index (κ1) is 10.7. The van der Waals surface area contributed by atoms with Crippen LogP contribution in [0.5, 0.6) is 0 Å². The van der Waals surface area contributed by atoms with Crippen molar-refractivity contribution in [1.29, 1.82) is 0 Å². The van der Waals surface area contributed by atoms with Crippen molar-refractivity contribution in [3.8, 4) is 0 Å². The number of fused-ring (bicyclic) bond motifs is 1. The van der Waals surface area contributed by atoms with E-state index in [0.29, 0.717) is 12.3 Å². The second kappa shape index (κ2) is 4.07. The Morgan fingerprint density at radius 2 is 2.41 bits per heavy atom. The molecule has 1 atom stereocenters. The highest BCUT2D eigenvalue weighted by molar-refractivity contribution is 7.80. The second-order valence-corrected chi connectivity index (χ2v) is 4.73. The van der Waals surface area contributed by atoms with Crippen LogP contribution in [-0.4, -0.2) is 28.4 Å². The summed E-state index contributed by atoms with van der Waals surface area (Å²) >= 11 is 4.27. The fourth-order valence-corrected chi connectivity index (χ4v) is 2.57. The van der Waals surface area contributed by atoms with Gasteiger partial charge in [-0.1, -0.05) is 6.07 Å². The van der Waals surface area contributed by atoms with E-state index in [1.807, 2.05) is 23.1 Å². The third kappa shape index (κ3) is 1.70. The number of hydrogen-bond donors (Lipinski definition) is 2. The highest BCUT2D eigenvalue weighted by Crippen LogP contribution is 2.30. The third-order valence-corrected chi connectivity index (χ3v) is 3.73. The maximum atomic E-state index is 12.0. The molecule has 1 aliphatic rings. The smallest absolute Gasteiger partial charge is 0.227 e. The summed E-state index contributed by atoms with van der Waals surface area (Å²) in [4.78, 5) is 13.8. The number of H-pyrrole nitrogens is 1. The lowest BCUT2D eigenvalue weighted by molar-refractivity contribution is -0.117. The number of benzene rings is 1. The number of carbonyl (C=O) groups excluding carboxylic acids is 1. The number of anilines is 1. The zero-order valence-corrected chi connectivity index (χ0v) is 10.2. The number of thiol groups is 1. The Balaban J connectivity index is 2.04. The summed E-state index contributed by atoms with van der Waals surface area (Å²) in [7, 11) is 0. The van der Waals surface area contributed by atoms with Crippen LogP contribution in [0.4, 0.5) is 5.69 Å².